The minimum Gasteiger partial charge on any atom is -0.494 e. The fourth-order valence-electron chi connectivity index (χ4n) is 3.76. The maximum atomic E-state index is 13.6. The summed E-state index contributed by atoms with van der Waals surface area (Å²) in [4.78, 5) is 13.2. The molecule has 36 heavy (non-hydrogen) atoms. The number of benzene rings is 1. The van der Waals surface area contributed by atoms with E-state index in [2.05, 4.69) is 25.1 Å². The molecule has 4 aromatic rings. The molecule has 0 aliphatic heterocycles. The molecule has 2 atom stereocenters. The summed E-state index contributed by atoms with van der Waals surface area (Å²) in [6, 6.07) is 5.33. The van der Waals surface area contributed by atoms with Crippen LogP contribution in [0.3, 0.4) is 0 Å². The summed E-state index contributed by atoms with van der Waals surface area (Å²) >= 11 is 1.40. The number of rotatable bonds is 9. The highest BCUT2D eigenvalue weighted by atomic mass is 32.2. The van der Waals surface area contributed by atoms with Crippen LogP contribution in [-0.4, -0.2) is 57.6 Å². The highest BCUT2D eigenvalue weighted by Crippen LogP contribution is 2.37. The first kappa shape index (κ1) is 25.7. The molecule has 0 unspecified atom stereocenters. The van der Waals surface area contributed by atoms with Crippen molar-refractivity contribution in [3.63, 3.8) is 0 Å². The number of thiazole rings is 1. The summed E-state index contributed by atoms with van der Waals surface area (Å²) in [5, 5.41) is 10.4. The van der Waals surface area contributed by atoms with Crippen molar-refractivity contribution in [3.05, 3.63) is 58.9 Å². The van der Waals surface area contributed by atoms with Crippen LogP contribution in [0.5, 0.6) is 11.5 Å². The van der Waals surface area contributed by atoms with Crippen molar-refractivity contribution in [2.75, 3.05) is 14.2 Å². The predicted molar refractivity (Wildman–Crippen MR) is 138 cm³/mol. The van der Waals surface area contributed by atoms with Crippen LogP contribution in [0.25, 0.3) is 16.5 Å². The molecule has 0 bridgehead atoms. The third-order valence-corrected chi connectivity index (χ3v) is 9.13. The number of methoxy groups -OCH3 is 2. The molecular weight excluding hydrogens is 500 g/mol. The van der Waals surface area contributed by atoms with Crippen LogP contribution < -0.4 is 9.47 Å². The normalized spacial score (nSPS) is 13.4. The van der Waals surface area contributed by atoms with Crippen LogP contribution >= 0.6 is 11.3 Å². The number of sulfone groups is 1. The van der Waals surface area contributed by atoms with E-state index in [0.717, 1.165) is 11.3 Å². The lowest BCUT2D eigenvalue weighted by molar-refractivity contribution is 0.390. The molecule has 0 aliphatic carbocycles. The monoisotopic (exact) mass is 528 g/mol. The van der Waals surface area contributed by atoms with Gasteiger partial charge in [-0.25, -0.2) is 23.4 Å². The number of hydrogen-bond donors (Lipinski definition) is 0. The van der Waals surface area contributed by atoms with Gasteiger partial charge in [0.2, 0.25) is 0 Å². The molecule has 1 aromatic carbocycles. The van der Waals surface area contributed by atoms with E-state index in [4.69, 9.17) is 9.47 Å². The molecule has 10 nitrogen and oxygen atoms in total. The van der Waals surface area contributed by atoms with E-state index in [-0.39, 0.29) is 11.6 Å². The van der Waals surface area contributed by atoms with Gasteiger partial charge in [0, 0.05) is 29.4 Å². The summed E-state index contributed by atoms with van der Waals surface area (Å²) in [7, 11) is -0.628. The van der Waals surface area contributed by atoms with Gasteiger partial charge in [-0.05, 0) is 38.5 Å². The Morgan fingerprint density at radius 1 is 1.03 bits per heavy atom. The lowest BCUT2D eigenvalue weighted by Gasteiger charge is -2.20. The summed E-state index contributed by atoms with van der Waals surface area (Å²) in [6.07, 6.45) is 3.37. The molecule has 0 radical (unpaired) electrons. The maximum Gasteiger partial charge on any atom is 0.197 e. The van der Waals surface area contributed by atoms with Crippen molar-refractivity contribution in [3.8, 4) is 28.0 Å². The number of aromatic nitrogens is 6. The molecule has 3 heterocycles. The van der Waals surface area contributed by atoms with Crippen LogP contribution in [0.1, 0.15) is 42.7 Å². The number of hydrogen-bond acceptors (Lipinski definition) is 10. The van der Waals surface area contributed by atoms with E-state index in [1.807, 2.05) is 26.2 Å². The van der Waals surface area contributed by atoms with Gasteiger partial charge in [0.05, 0.1) is 19.5 Å². The number of aryl methyl sites for hydroxylation is 2. The quantitative estimate of drug-likeness (QED) is 0.318. The smallest absolute Gasteiger partial charge is 0.197 e. The number of nitrogens with zero attached hydrogens (tertiary/aromatic N) is 6. The van der Waals surface area contributed by atoms with Crippen LogP contribution in [0.15, 0.2) is 36.0 Å². The largest absolute Gasteiger partial charge is 0.494 e. The van der Waals surface area contributed by atoms with Gasteiger partial charge in [-0.3, -0.25) is 4.57 Å². The summed E-state index contributed by atoms with van der Waals surface area (Å²) in [5.41, 5.74) is 2.24. The fourth-order valence-corrected chi connectivity index (χ4v) is 6.08. The minimum atomic E-state index is -3.71. The van der Waals surface area contributed by atoms with Crippen LogP contribution in [0.2, 0.25) is 0 Å². The molecule has 0 saturated heterocycles. The topological polar surface area (TPSA) is 122 Å². The SMILES string of the molecule is COc1cccc(OC)c1-n1c(CS(=O)(=O)[C@@H](C)[C@H](C)c2ncc(C)cn2)nnc1-c1nc(C)cs1. The molecule has 4 rings (SSSR count). The second-order valence-corrected chi connectivity index (χ2v) is 11.7. The Balaban J connectivity index is 1.81. The van der Waals surface area contributed by atoms with E-state index in [1.165, 1.54) is 25.6 Å². The lowest BCUT2D eigenvalue weighted by Crippen LogP contribution is -2.27. The van der Waals surface area contributed by atoms with Gasteiger partial charge in [-0.15, -0.1) is 21.5 Å². The fraction of sp³-hybridized carbons (Fsp3) is 0.375. The molecule has 0 aliphatic rings. The zero-order valence-corrected chi connectivity index (χ0v) is 22.6. The van der Waals surface area contributed by atoms with Gasteiger partial charge in [-0.1, -0.05) is 13.0 Å². The lowest BCUT2D eigenvalue weighted by atomic mass is 10.1. The molecule has 0 amide bonds. The van der Waals surface area contributed by atoms with E-state index >= 15 is 0 Å². The van der Waals surface area contributed by atoms with E-state index in [9.17, 15) is 8.42 Å². The molecule has 0 spiro atoms. The Morgan fingerprint density at radius 2 is 1.67 bits per heavy atom. The van der Waals surface area contributed by atoms with Crippen LogP contribution in [0.4, 0.5) is 0 Å². The first-order chi connectivity index (χ1) is 17.2. The molecule has 0 N–H and O–H groups in total. The summed E-state index contributed by atoms with van der Waals surface area (Å²) < 4.78 is 40.1. The second kappa shape index (κ2) is 10.3. The first-order valence-corrected chi connectivity index (χ1v) is 13.8. The van der Waals surface area contributed by atoms with Gasteiger partial charge in [-0.2, -0.15) is 0 Å². The average molecular weight is 529 g/mol. The number of para-hydroxylation sites is 1. The average Bonchev–Trinajstić information content (AvgIpc) is 3.48. The van der Waals surface area contributed by atoms with Crippen molar-refractivity contribution in [2.45, 2.75) is 44.6 Å². The predicted octanol–water partition coefficient (Wildman–Crippen LogP) is 3.92. The van der Waals surface area contributed by atoms with Crippen LogP contribution in [0, 0.1) is 13.8 Å². The molecule has 12 heteroatoms. The molecule has 190 valence electrons. The van der Waals surface area contributed by atoms with Crippen molar-refractivity contribution in [1.82, 2.24) is 29.7 Å². The Hall–Kier alpha value is -3.38. The Kier molecular flexibility index (Phi) is 7.36. The van der Waals surface area contributed by atoms with E-state index in [1.54, 1.807) is 42.1 Å². The Morgan fingerprint density at radius 3 is 2.22 bits per heavy atom. The van der Waals surface area contributed by atoms with Crippen molar-refractivity contribution in [2.24, 2.45) is 0 Å². The van der Waals surface area contributed by atoms with Gasteiger partial charge < -0.3 is 9.47 Å². The minimum absolute atomic E-state index is 0.226. The molecule has 0 fully saturated rings. The van der Waals surface area contributed by atoms with E-state index in [0.29, 0.717) is 33.8 Å². The van der Waals surface area contributed by atoms with Crippen molar-refractivity contribution < 1.29 is 17.9 Å². The zero-order valence-electron chi connectivity index (χ0n) is 21.0. The zero-order chi connectivity index (χ0) is 26.0. The molecule has 0 saturated carbocycles. The number of ether oxygens (including phenoxy) is 2. The Labute approximate surface area is 214 Å². The third-order valence-electron chi connectivity index (χ3n) is 5.97. The summed E-state index contributed by atoms with van der Waals surface area (Å²) in [6.45, 7) is 7.24. The standard InChI is InChI=1S/C24H28N6O4S2/c1-14-10-25-22(26-11-14)16(3)17(4)36(31,32)13-20-28-29-23(24-27-15(2)12-35-24)30(20)21-18(33-5)8-7-9-19(21)34-6/h7-12,16-17H,13H2,1-6H3/t16-,17-/m0/s1. The molecule has 3 aromatic heterocycles. The van der Waals surface area contributed by atoms with Gasteiger partial charge >= 0.3 is 0 Å². The summed E-state index contributed by atoms with van der Waals surface area (Å²) in [5.74, 6) is 1.29. The third kappa shape index (κ3) is 4.96. The Bertz CT molecular complexity index is 1440. The second-order valence-electron chi connectivity index (χ2n) is 8.50. The first-order valence-electron chi connectivity index (χ1n) is 11.2. The highest BCUT2D eigenvalue weighted by molar-refractivity contribution is 7.91. The van der Waals surface area contributed by atoms with Crippen LogP contribution in [-0.2, 0) is 15.6 Å². The van der Waals surface area contributed by atoms with Crippen molar-refractivity contribution in [1.29, 1.82) is 0 Å². The van der Waals surface area contributed by atoms with Gasteiger partial charge in [0.25, 0.3) is 0 Å². The molecular formula is C24H28N6O4S2. The highest BCUT2D eigenvalue weighted by Gasteiger charge is 2.33. The van der Waals surface area contributed by atoms with Gasteiger partial charge in [0.15, 0.2) is 26.5 Å². The van der Waals surface area contributed by atoms with Gasteiger partial charge in [0.1, 0.15) is 28.8 Å². The van der Waals surface area contributed by atoms with Crippen molar-refractivity contribution >= 4 is 21.2 Å². The maximum absolute atomic E-state index is 13.6. The van der Waals surface area contributed by atoms with E-state index < -0.39 is 21.0 Å².